The molecular weight excluding hydrogens is 296 g/mol. The number of carbonyl (C=O) groups is 1. The molecule has 2 aromatic heterocycles. The Bertz CT molecular complexity index is 882. The Balaban J connectivity index is 1.88. The molecule has 6 heteroatoms. The van der Waals surface area contributed by atoms with E-state index in [4.69, 9.17) is 9.15 Å². The van der Waals surface area contributed by atoms with Crippen LogP contribution in [0.1, 0.15) is 10.4 Å². The quantitative estimate of drug-likeness (QED) is 0.676. The standard InChI is InChI=1S/C17H14N2O4/c1-22-13-5-2-4-12(10-13)15(20)11-19-17(21)8-7-14(18-19)16-6-3-9-23-16/h2-10H,11H2,1H3. The Labute approximate surface area is 131 Å². The normalized spacial score (nSPS) is 10.5. The number of nitrogens with zero attached hydrogens (tertiary/aromatic N) is 2. The Morgan fingerprint density at radius 1 is 1.22 bits per heavy atom. The van der Waals surface area contributed by atoms with Gasteiger partial charge in [0.25, 0.3) is 5.56 Å². The van der Waals surface area contributed by atoms with Gasteiger partial charge in [-0.15, -0.1) is 0 Å². The number of Topliss-reactive ketones (excluding diaryl/α,β-unsaturated/α-hetero) is 1. The number of benzene rings is 1. The first-order valence-corrected chi connectivity index (χ1v) is 6.96. The highest BCUT2D eigenvalue weighted by atomic mass is 16.5. The van der Waals surface area contributed by atoms with E-state index >= 15 is 0 Å². The summed E-state index contributed by atoms with van der Waals surface area (Å²) in [5.74, 6) is 0.892. The first-order valence-electron chi connectivity index (χ1n) is 6.96. The third kappa shape index (κ3) is 3.21. The van der Waals surface area contributed by atoms with Crippen molar-refractivity contribution < 1.29 is 13.9 Å². The van der Waals surface area contributed by atoms with Crippen molar-refractivity contribution >= 4 is 5.78 Å². The second-order valence-corrected chi connectivity index (χ2v) is 4.85. The minimum atomic E-state index is -0.350. The van der Waals surface area contributed by atoms with Crippen molar-refractivity contribution in [2.24, 2.45) is 0 Å². The predicted molar refractivity (Wildman–Crippen MR) is 83.5 cm³/mol. The van der Waals surface area contributed by atoms with Crippen LogP contribution in [0.15, 0.2) is 64.0 Å². The lowest BCUT2D eigenvalue weighted by Crippen LogP contribution is -2.26. The average molecular weight is 310 g/mol. The molecule has 116 valence electrons. The zero-order valence-electron chi connectivity index (χ0n) is 12.4. The van der Waals surface area contributed by atoms with Crippen LogP contribution in [0.4, 0.5) is 0 Å². The van der Waals surface area contributed by atoms with Gasteiger partial charge in [-0.25, -0.2) is 4.68 Å². The fourth-order valence-electron chi connectivity index (χ4n) is 2.14. The van der Waals surface area contributed by atoms with Crippen molar-refractivity contribution in [2.75, 3.05) is 7.11 Å². The van der Waals surface area contributed by atoms with E-state index in [-0.39, 0.29) is 17.9 Å². The summed E-state index contributed by atoms with van der Waals surface area (Å²) >= 11 is 0. The number of ether oxygens (including phenoxy) is 1. The van der Waals surface area contributed by atoms with E-state index in [1.54, 1.807) is 42.5 Å². The minimum absolute atomic E-state index is 0.152. The molecule has 0 radical (unpaired) electrons. The van der Waals surface area contributed by atoms with Crippen LogP contribution in [0.25, 0.3) is 11.5 Å². The van der Waals surface area contributed by atoms with Crippen molar-refractivity contribution in [3.8, 4) is 17.2 Å². The molecule has 0 unspecified atom stereocenters. The van der Waals surface area contributed by atoms with Gasteiger partial charge in [0.15, 0.2) is 11.5 Å². The molecule has 23 heavy (non-hydrogen) atoms. The maximum absolute atomic E-state index is 12.4. The molecule has 0 aliphatic rings. The summed E-state index contributed by atoms with van der Waals surface area (Å²) in [6.45, 7) is -0.152. The SMILES string of the molecule is COc1cccc(C(=O)Cn2nc(-c3ccco3)ccc2=O)c1. The summed E-state index contributed by atoms with van der Waals surface area (Å²) in [6.07, 6.45) is 1.52. The fraction of sp³-hybridized carbons (Fsp3) is 0.118. The first kappa shape index (κ1) is 14.8. The number of ketones is 1. The topological polar surface area (TPSA) is 74.3 Å². The van der Waals surface area contributed by atoms with Gasteiger partial charge in [0.2, 0.25) is 0 Å². The van der Waals surface area contributed by atoms with Crippen molar-refractivity contribution in [2.45, 2.75) is 6.54 Å². The number of hydrogen-bond donors (Lipinski definition) is 0. The van der Waals surface area contributed by atoms with Gasteiger partial charge in [0.1, 0.15) is 18.0 Å². The summed E-state index contributed by atoms with van der Waals surface area (Å²) in [5, 5.41) is 4.18. The highest BCUT2D eigenvalue weighted by molar-refractivity contribution is 5.96. The van der Waals surface area contributed by atoms with Gasteiger partial charge in [-0.05, 0) is 30.3 Å². The molecule has 0 fully saturated rings. The second-order valence-electron chi connectivity index (χ2n) is 4.85. The highest BCUT2D eigenvalue weighted by Gasteiger charge is 2.11. The van der Waals surface area contributed by atoms with Crippen LogP contribution in [-0.4, -0.2) is 22.7 Å². The molecule has 1 aromatic carbocycles. The predicted octanol–water partition coefficient (Wildman–Crippen LogP) is 2.39. The van der Waals surface area contributed by atoms with Gasteiger partial charge in [0.05, 0.1) is 13.4 Å². The molecule has 0 bridgehead atoms. The van der Waals surface area contributed by atoms with Crippen molar-refractivity contribution in [3.05, 3.63) is 70.7 Å². The van der Waals surface area contributed by atoms with Gasteiger partial charge < -0.3 is 9.15 Å². The van der Waals surface area contributed by atoms with Crippen LogP contribution in [0, 0.1) is 0 Å². The van der Waals surface area contributed by atoms with Gasteiger partial charge in [0, 0.05) is 11.6 Å². The van der Waals surface area contributed by atoms with E-state index in [0.717, 1.165) is 4.68 Å². The fourth-order valence-corrected chi connectivity index (χ4v) is 2.14. The van der Waals surface area contributed by atoms with Gasteiger partial charge >= 0.3 is 0 Å². The molecule has 0 saturated heterocycles. The number of methoxy groups -OCH3 is 1. The van der Waals surface area contributed by atoms with E-state index in [0.29, 0.717) is 22.8 Å². The number of hydrogen-bond acceptors (Lipinski definition) is 5. The number of aromatic nitrogens is 2. The van der Waals surface area contributed by atoms with Gasteiger partial charge in [-0.1, -0.05) is 12.1 Å². The molecule has 0 aliphatic heterocycles. The molecule has 0 N–H and O–H groups in total. The van der Waals surface area contributed by atoms with E-state index < -0.39 is 0 Å². The lowest BCUT2D eigenvalue weighted by molar-refractivity contribution is 0.0965. The first-order chi connectivity index (χ1) is 11.2. The second kappa shape index (κ2) is 6.31. The zero-order chi connectivity index (χ0) is 16.2. The van der Waals surface area contributed by atoms with E-state index in [9.17, 15) is 9.59 Å². The summed E-state index contributed by atoms with van der Waals surface area (Å²) in [6, 6.07) is 13.2. The Morgan fingerprint density at radius 2 is 2.09 bits per heavy atom. The zero-order valence-corrected chi connectivity index (χ0v) is 12.4. The smallest absolute Gasteiger partial charge is 0.267 e. The molecule has 3 aromatic rings. The molecule has 0 saturated carbocycles. The number of furan rings is 1. The monoisotopic (exact) mass is 310 g/mol. The van der Waals surface area contributed by atoms with Gasteiger partial charge in [-0.2, -0.15) is 5.10 Å². The molecule has 3 rings (SSSR count). The molecule has 0 atom stereocenters. The van der Waals surface area contributed by atoms with E-state index in [2.05, 4.69) is 5.10 Å². The Kier molecular flexibility index (Phi) is 4.05. The lowest BCUT2D eigenvalue weighted by atomic mass is 10.1. The van der Waals surface area contributed by atoms with Crippen molar-refractivity contribution in [1.82, 2.24) is 9.78 Å². The van der Waals surface area contributed by atoms with Crippen LogP contribution >= 0.6 is 0 Å². The Morgan fingerprint density at radius 3 is 2.83 bits per heavy atom. The maximum Gasteiger partial charge on any atom is 0.267 e. The number of carbonyl (C=O) groups excluding carboxylic acids is 1. The summed E-state index contributed by atoms with van der Waals surface area (Å²) in [4.78, 5) is 24.3. The maximum atomic E-state index is 12.4. The molecule has 0 amide bonds. The summed E-state index contributed by atoms with van der Waals surface area (Å²) < 4.78 is 11.5. The molecular formula is C17H14N2O4. The Hall–Kier alpha value is -3.15. The van der Waals surface area contributed by atoms with Crippen molar-refractivity contribution in [3.63, 3.8) is 0 Å². The third-order valence-corrected chi connectivity index (χ3v) is 3.33. The summed E-state index contributed by atoms with van der Waals surface area (Å²) in [7, 11) is 1.53. The molecule has 2 heterocycles. The van der Waals surface area contributed by atoms with Crippen LogP contribution < -0.4 is 10.3 Å². The molecule has 0 spiro atoms. The lowest BCUT2D eigenvalue weighted by Gasteiger charge is -2.06. The summed E-state index contributed by atoms with van der Waals surface area (Å²) in [5.41, 5.74) is 0.603. The number of rotatable bonds is 5. The van der Waals surface area contributed by atoms with E-state index in [1.165, 1.54) is 19.4 Å². The highest BCUT2D eigenvalue weighted by Crippen LogP contribution is 2.16. The molecule has 0 aliphatic carbocycles. The third-order valence-electron chi connectivity index (χ3n) is 3.33. The minimum Gasteiger partial charge on any atom is -0.497 e. The van der Waals surface area contributed by atoms with Gasteiger partial charge in [-0.3, -0.25) is 9.59 Å². The largest absolute Gasteiger partial charge is 0.497 e. The van der Waals surface area contributed by atoms with Crippen LogP contribution in [0.3, 0.4) is 0 Å². The van der Waals surface area contributed by atoms with Crippen LogP contribution in [0.5, 0.6) is 5.75 Å². The average Bonchev–Trinajstić information content (AvgIpc) is 3.11. The van der Waals surface area contributed by atoms with E-state index in [1.807, 2.05) is 0 Å². The van der Waals surface area contributed by atoms with Crippen molar-refractivity contribution in [1.29, 1.82) is 0 Å². The molecule has 6 nitrogen and oxygen atoms in total. The van der Waals surface area contributed by atoms with Crippen LogP contribution in [0.2, 0.25) is 0 Å². The van der Waals surface area contributed by atoms with Crippen LogP contribution in [-0.2, 0) is 6.54 Å².